The van der Waals surface area contributed by atoms with Crippen molar-refractivity contribution in [3.63, 3.8) is 0 Å². The predicted molar refractivity (Wildman–Crippen MR) is 132 cm³/mol. The van der Waals surface area contributed by atoms with Crippen LogP contribution >= 0.6 is 0 Å². The number of carbonyl (C=O) groups is 5. The van der Waals surface area contributed by atoms with Crippen molar-refractivity contribution < 1.29 is 29.1 Å². The van der Waals surface area contributed by atoms with E-state index >= 15 is 0 Å². The number of rotatable bonds is 14. The number of carboxylic acid groups (broad SMARTS) is 1. The van der Waals surface area contributed by atoms with E-state index in [2.05, 4.69) is 25.9 Å². The molecule has 0 saturated carbocycles. The number of H-pyrrole nitrogens is 1. The van der Waals surface area contributed by atoms with E-state index in [9.17, 15) is 29.1 Å². The van der Waals surface area contributed by atoms with Crippen molar-refractivity contribution >= 4 is 29.6 Å². The molecule has 13 nitrogen and oxygen atoms in total. The van der Waals surface area contributed by atoms with Gasteiger partial charge in [0.25, 0.3) is 0 Å². The third-order valence-electron chi connectivity index (χ3n) is 5.57. The van der Waals surface area contributed by atoms with Gasteiger partial charge in [-0.05, 0) is 11.5 Å². The van der Waals surface area contributed by atoms with Crippen LogP contribution in [0.25, 0.3) is 0 Å². The smallest absolute Gasteiger partial charge is 0.326 e. The quantitative estimate of drug-likeness (QED) is 0.158. The first-order valence-corrected chi connectivity index (χ1v) is 11.7. The van der Waals surface area contributed by atoms with Crippen LogP contribution in [0.4, 0.5) is 0 Å². The summed E-state index contributed by atoms with van der Waals surface area (Å²) < 4.78 is 0. The molecule has 4 atom stereocenters. The molecular formula is C24H33N7O6. The molecule has 1 aromatic carbocycles. The summed E-state index contributed by atoms with van der Waals surface area (Å²) in [6.07, 6.45) is 2.23. The average Bonchev–Trinajstić information content (AvgIpc) is 3.35. The lowest BCUT2D eigenvalue weighted by Gasteiger charge is -2.25. The summed E-state index contributed by atoms with van der Waals surface area (Å²) in [6, 6.07) is 3.86. The summed E-state index contributed by atoms with van der Waals surface area (Å²) in [7, 11) is 0. The standard InChI is InChI=1S/C24H33N7O6/c1-13(2)20(26)23(35)30-17(10-19(25)32)22(34)29-16(8-14-6-4-3-5-7-14)21(33)31-18(24(36)37)9-15-11-27-12-28-15/h3-7,11-13,16-18,20H,8-10,26H2,1-2H3,(H2,25,32)(H,27,28)(H,29,34)(H,30,35)(H,31,33)(H,36,37). The second-order valence-electron chi connectivity index (χ2n) is 8.93. The van der Waals surface area contributed by atoms with Gasteiger partial charge in [0.05, 0.1) is 18.8 Å². The van der Waals surface area contributed by atoms with E-state index in [-0.39, 0.29) is 18.8 Å². The van der Waals surface area contributed by atoms with E-state index in [1.165, 1.54) is 12.5 Å². The second-order valence-corrected chi connectivity index (χ2v) is 8.93. The highest BCUT2D eigenvalue weighted by Gasteiger charge is 2.32. The van der Waals surface area contributed by atoms with Crippen molar-refractivity contribution in [2.75, 3.05) is 0 Å². The van der Waals surface area contributed by atoms with Crippen LogP contribution in [0.1, 0.15) is 31.5 Å². The molecule has 1 aromatic heterocycles. The normalized spacial score (nSPS) is 14.2. The molecule has 0 aliphatic rings. The van der Waals surface area contributed by atoms with E-state index in [4.69, 9.17) is 11.5 Å². The number of benzene rings is 1. The Morgan fingerprint density at radius 1 is 0.919 bits per heavy atom. The SMILES string of the molecule is CC(C)C(N)C(=O)NC(CC(N)=O)C(=O)NC(Cc1ccccc1)C(=O)NC(Cc1cnc[nH]1)C(=O)O. The summed E-state index contributed by atoms with van der Waals surface area (Å²) in [5.74, 6) is -4.66. The molecule has 0 saturated heterocycles. The van der Waals surface area contributed by atoms with E-state index in [0.29, 0.717) is 11.3 Å². The number of nitrogens with one attached hydrogen (secondary N) is 4. The fourth-order valence-electron chi connectivity index (χ4n) is 3.40. The lowest BCUT2D eigenvalue weighted by atomic mass is 10.0. The largest absolute Gasteiger partial charge is 0.480 e. The maximum atomic E-state index is 13.2. The molecule has 4 unspecified atom stereocenters. The number of aliphatic carboxylic acids is 1. The minimum atomic E-state index is -1.39. The molecule has 13 heteroatoms. The summed E-state index contributed by atoms with van der Waals surface area (Å²) in [6.45, 7) is 3.44. The molecule has 200 valence electrons. The van der Waals surface area contributed by atoms with Gasteiger partial charge in [-0.3, -0.25) is 19.2 Å². The number of carbonyl (C=O) groups excluding carboxylic acids is 4. The Kier molecular flexibility index (Phi) is 10.8. The van der Waals surface area contributed by atoms with E-state index in [1.807, 2.05) is 0 Å². The Bertz CT molecular complexity index is 1070. The number of nitrogens with zero attached hydrogens (tertiary/aromatic N) is 1. The minimum Gasteiger partial charge on any atom is -0.480 e. The second kappa shape index (κ2) is 13.7. The number of nitrogens with two attached hydrogens (primary N) is 2. The zero-order valence-corrected chi connectivity index (χ0v) is 20.6. The Hall–Kier alpha value is -4.26. The van der Waals surface area contributed by atoms with Gasteiger partial charge in [-0.1, -0.05) is 44.2 Å². The molecule has 0 aliphatic carbocycles. The van der Waals surface area contributed by atoms with Gasteiger partial charge in [0.15, 0.2) is 0 Å². The molecule has 2 rings (SSSR count). The van der Waals surface area contributed by atoms with Crippen LogP contribution in [-0.4, -0.2) is 68.8 Å². The number of hydrogen-bond acceptors (Lipinski definition) is 7. The van der Waals surface area contributed by atoms with Crippen molar-refractivity contribution in [2.24, 2.45) is 17.4 Å². The number of carboxylic acids is 1. The Morgan fingerprint density at radius 3 is 2.05 bits per heavy atom. The molecule has 37 heavy (non-hydrogen) atoms. The third kappa shape index (κ3) is 9.37. The first-order valence-electron chi connectivity index (χ1n) is 11.7. The maximum Gasteiger partial charge on any atom is 0.326 e. The van der Waals surface area contributed by atoms with E-state index in [1.54, 1.807) is 44.2 Å². The highest BCUT2D eigenvalue weighted by molar-refractivity contribution is 5.96. The van der Waals surface area contributed by atoms with Crippen LogP contribution in [0.5, 0.6) is 0 Å². The number of aromatic amines is 1. The topological polar surface area (TPSA) is 222 Å². The van der Waals surface area contributed by atoms with Crippen LogP contribution in [0, 0.1) is 5.92 Å². The summed E-state index contributed by atoms with van der Waals surface area (Å²) in [4.78, 5) is 68.7. The van der Waals surface area contributed by atoms with Crippen molar-refractivity contribution in [3.05, 3.63) is 54.1 Å². The first-order chi connectivity index (χ1) is 17.5. The van der Waals surface area contributed by atoms with Crippen LogP contribution in [0.3, 0.4) is 0 Å². The van der Waals surface area contributed by atoms with Crippen molar-refractivity contribution in [1.29, 1.82) is 0 Å². The van der Waals surface area contributed by atoms with Gasteiger partial charge >= 0.3 is 5.97 Å². The van der Waals surface area contributed by atoms with Gasteiger partial charge < -0.3 is 37.5 Å². The van der Waals surface area contributed by atoms with Gasteiger partial charge in [-0.15, -0.1) is 0 Å². The van der Waals surface area contributed by atoms with Crippen LogP contribution < -0.4 is 27.4 Å². The van der Waals surface area contributed by atoms with Gasteiger partial charge in [0, 0.05) is 24.7 Å². The van der Waals surface area contributed by atoms with Gasteiger partial charge in [-0.25, -0.2) is 9.78 Å². The van der Waals surface area contributed by atoms with Crippen molar-refractivity contribution in [3.8, 4) is 0 Å². The zero-order valence-electron chi connectivity index (χ0n) is 20.6. The molecular weight excluding hydrogens is 482 g/mol. The molecule has 0 radical (unpaired) electrons. The highest BCUT2D eigenvalue weighted by atomic mass is 16.4. The molecule has 0 bridgehead atoms. The Balaban J connectivity index is 2.24. The molecule has 0 fully saturated rings. The molecule has 0 spiro atoms. The maximum absolute atomic E-state index is 13.2. The Labute approximate surface area is 213 Å². The fraction of sp³-hybridized carbons (Fsp3) is 0.417. The van der Waals surface area contributed by atoms with Crippen LogP contribution in [0.2, 0.25) is 0 Å². The predicted octanol–water partition coefficient (Wildman–Crippen LogP) is -1.41. The lowest BCUT2D eigenvalue weighted by molar-refractivity contribution is -0.142. The summed E-state index contributed by atoms with van der Waals surface area (Å²) in [5.41, 5.74) is 12.3. The van der Waals surface area contributed by atoms with Crippen molar-refractivity contribution in [2.45, 2.75) is 57.3 Å². The minimum absolute atomic E-state index is 0.0115. The van der Waals surface area contributed by atoms with Crippen LogP contribution in [0.15, 0.2) is 42.9 Å². The number of primary amides is 1. The molecule has 0 aliphatic heterocycles. The monoisotopic (exact) mass is 515 g/mol. The van der Waals surface area contributed by atoms with Crippen LogP contribution in [-0.2, 0) is 36.8 Å². The third-order valence-corrected chi connectivity index (χ3v) is 5.57. The number of aromatic nitrogens is 2. The molecule has 1 heterocycles. The number of imidazole rings is 1. The fourth-order valence-corrected chi connectivity index (χ4v) is 3.40. The van der Waals surface area contributed by atoms with Crippen molar-refractivity contribution in [1.82, 2.24) is 25.9 Å². The summed E-state index contributed by atoms with van der Waals surface area (Å²) in [5, 5.41) is 17.0. The van der Waals surface area contributed by atoms with Gasteiger partial charge in [0.1, 0.15) is 18.1 Å². The van der Waals surface area contributed by atoms with Gasteiger partial charge in [-0.2, -0.15) is 0 Å². The molecule has 9 N–H and O–H groups in total. The molecule has 4 amide bonds. The van der Waals surface area contributed by atoms with E-state index < -0.39 is 60.2 Å². The number of amides is 4. The van der Waals surface area contributed by atoms with E-state index in [0.717, 1.165) is 0 Å². The number of hydrogen-bond donors (Lipinski definition) is 7. The first kappa shape index (κ1) is 29.0. The zero-order chi connectivity index (χ0) is 27.5. The molecule has 2 aromatic rings. The highest BCUT2D eigenvalue weighted by Crippen LogP contribution is 2.07. The van der Waals surface area contributed by atoms with Gasteiger partial charge in [0.2, 0.25) is 23.6 Å². The Morgan fingerprint density at radius 2 is 1.51 bits per heavy atom. The lowest BCUT2D eigenvalue weighted by Crippen LogP contribution is -2.58. The summed E-state index contributed by atoms with van der Waals surface area (Å²) >= 11 is 0. The average molecular weight is 516 g/mol.